The predicted molar refractivity (Wildman–Crippen MR) is 98.1 cm³/mol. The highest BCUT2D eigenvalue weighted by molar-refractivity contribution is 5.74. The number of piperazine rings is 1. The molecule has 2 aromatic rings. The third-order valence-electron chi connectivity index (χ3n) is 4.58. The van der Waals surface area contributed by atoms with Crippen molar-refractivity contribution in [2.24, 2.45) is 0 Å². The molecule has 1 saturated heterocycles. The van der Waals surface area contributed by atoms with Crippen molar-refractivity contribution in [2.75, 3.05) is 26.2 Å². The van der Waals surface area contributed by atoms with Crippen LogP contribution in [0.2, 0.25) is 0 Å². The van der Waals surface area contributed by atoms with E-state index in [2.05, 4.69) is 33.4 Å². The normalized spacial score (nSPS) is 17.7. The Bertz CT molecular complexity index is 724. The number of hydrogen-bond acceptors (Lipinski definition) is 4. The van der Waals surface area contributed by atoms with Gasteiger partial charge in [-0.25, -0.2) is 9.78 Å². The number of hydrogen-bond donors (Lipinski definition) is 1. The summed E-state index contributed by atoms with van der Waals surface area (Å²) in [6.07, 6.45) is 6.27. The SMILES string of the molecule is N#C[C@H]1CN(C(=O)NCCCn2ccnc2)CCN1Cc1ccccc1. The molecule has 2 heterocycles. The summed E-state index contributed by atoms with van der Waals surface area (Å²) < 4.78 is 1.99. The Balaban J connectivity index is 1.43. The maximum Gasteiger partial charge on any atom is 0.317 e. The molecular formula is C19H24N6O. The van der Waals surface area contributed by atoms with Crippen molar-refractivity contribution in [3.8, 4) is 6.07 Å². The van der Waals surface area contributed by atoms with Gasteiger partial charge in [0.1, 0.15) is 6.04 Å². The lowest BCUT2D eigenvalue weighted by molar-refractivity contribution is 0.108. The van der Waals surface area contributed by atoms with Crippen LogP contribution >= 0.6 is 0 Å². The van der Waals surface area contributed by atoms with Crippen molar-refractivity contribution >= 4 is 6.03 Å². The zero-order chi connectivity index (χ0) is 18.2. The van der Waals surface area contributed by atoms with E-state index in [1.165, 1.54) is 5.56 Å². The average Bonchev–Trinajstić information content (AvgIpc) is 3.19. The van der Waals surface area contributed by atoms with Crippen molar-refractivity contribution in [3.05, 3.63) is 54.6 Å². The molecule has 26 heavy (non-hydrogen) atoms. The third-order valence-corrected chi connectivity index (χ3v) is 4.58. The summed E-state index contributed by atoms with van der Waals surface area (Å²) in [5, 5.41) is 12.4. The van der Waals surface area contributed by atoms with E-state index in [-0.39, 0.29) is 12.1 Å². The number of nitrogens with one attached hydrogen (secondary N) is 1. The second-order valence-corrected chi connectivity index (χ2v) is 6.43. The molecule has 0 aliphatic carbocycles. The Hall–Kier alpha value is -2.85. The molecule has 7 heteroatoms. The minimum atomic E-state index is -0.277. The van der Waals surface area contributed by atoms with E-state index < -0.39 is 0 Å². The fraction of sp³-hybridized carbons (Fsp3) is 0.421. The molecule has 0 unspecified atom stereocenters. The van der Waals surface area contributed by atoms with E-state index in [9.17, 15) is 10.1 Å². The average molecular weight is 352 g/mol. The first-order chi connectivity index (χ1) is 12.8. The second kappa shape index (κ2) is 9.02. The molecule has 1 aromatic carbocycles. The summed E-state index contributed by atoms with van der Waals surface area (Å²) in [5.41, 5.74) is 1.19. The molecule has 1 aromatic heterocycles. The summed E-state index contributed by atoms with van der Waals surface area (Å²) in [4.78, 5) is 20.2. The first-order valence-electron chi connectivity index (χ1n) is 8.92. The van der Waals surface area contributed by atoms with Gasteiger partial charge in [-0.3, -0.25) is 4.90 Å². The number of nitrogens with zero attached hydrogens (tertiary/aromatic N) is 5. The number of nitriles is 1. The minimum absolute atomic E-state index is 0.0877. The van der Waals surface area contributed by atoms with Crippen LogP contribution in [0.15, 0.2) is 49.1 Å². The Morgan fingerprint density at radius 3 is 2.88 bits per heavy atom. The van der Waals surface area contributed by atoms with Crippen LogP contribution in [0.5, 0.6) is 0 Å². The standard InChI is InChI=1S/C19H24N6O/c20-13-18-15-25(12-11-24(18)14-17-5-2-1-3-6-17)19(26)22-7-4-9-23-10-8-21-16-23/h1-3,5-6,8,10,16,18H,4,7,9,11-12,14-15H2,(H,22,26)/t18-/m0/s1. The lowest BCUT2D eigenvalue weighted by Gasteiger charge is -2.38. The highest BCUT2D eigenvalue weighted by atomic mass is 16.2. The molecule has 0 spiro atoms. The van der Waals surface area contributed by atoms with Gasteiger partial charge in [-0.1, -0.05) is 30.3 Å². The van der Waals surface area contributed by atoms with Crippen molar-refractivity contribution < 1.29 is 4.79 Å². The first kappa shape index (κ1) is 18.0. The van der Waals surface area contributed by atoms with Crippen LogP contribution in [0.3, 0.4) is 0 Å². The van der Waals surface area contributed by atoms with Crippen molar-refractivity contribution in [3.63, 3.8) is 0 Å². The summed E-state index contributed by atoms with van der Waals surface area (Å²) in [5.74, 6) is 0. The maximum absolute atomic E-state index is 12.4. The van der Waals surface area contributed by atoms with Crippen molar-refractivity contribution in [1.29, 1.82) is 5.26 Å². The number of rotatable bonds is 6. The number of urea groups is 1. The molecule has 1 aliphatic rings. The summed E-state index contributed by atoms with van der Waals surface area (Å²) in [6, 6.07) is 12.1. The molecule has 1 atom stereocenters. The van der Waals surface area contributed by atoms with Gasteiger partial charge in [0.2, 0.25) is 0 Å². The molecular weight excluding hydrogens is 328 g/mol. The molecule has 3 rings (SSSR count). The second-order valence-electron chi connectivity index (χ2n) is 6.43. The quantitative estimate of drug-likeness (QED) is 0.803. The van der Waals surface area contributed by atoms with E-state index in [1.807, 2.05) is 29.0 Å². The van der Waals surface area contributed by atoms with Gasteiger partial charge in [-0.2, -0.15) is 5.26 Å². The minimum Gasteiger partial charge on any atom is -0.338 e. The number of amides is 2. The molecule has 2 amide bonds. The highest BCUT2D eigenvalue weighted by Gasteiger charge is 2.29. The van der Waals surface area contributed by atoms with E-state index in [0.29, 0.717) is 26.2 Å². The number of aromatic nitrogens is 2. The lowest BCUT2D eigenvalue weighted by Crippen LogP contribution is -2.56. The van der Waals surface area contributed by atoms with Crippen LogP contribution in [0.25, 0.3) is 0 Å². The van der Waals surface area contributed by atoms with E-state index >= 15 is 0 Å². The zero-order valence-corrected chi connectivity index (χ0v) is 14.8. The maximum atomic E-state index is 12.4. The van der Waals surface area contributed by atoms with Crippen LogP contribution in [0.4, 0.5) is 4.79 Å². The van der Waals surface area contributed by atoms with E-state index in [1.54, 1.807) is 17.4 Å². The largest absolute Gasteiger partial charge is 0.338 e. The number of carbonyl (C=O) groups excluding carboxylic acids is 1. The molecule has 7 nitrogen and oxygen atoms in total. The fourth-order valence-corrected chi connectivity index (χ4v) is 3.12. The molecule has 136 valence electrons. The molecule has 0 radical (unpaired) electrons. The van der Waals surface area contributed by atoms with Gasteiger partial charge in [0.15, 0.2) is 0 Å². The van der Waals surface area contributed by atoms with Gasteiger partial charge in [-0.15, -0.1) is 0 Å². The third kappa shape index (κ3) is 4.83. The first-order valence-corrected chi connectivity index (χ1v) is 8.92. The Kier molecular flexibility index (Phi) is 6.23. The molecule has 1 fully saturated rings. The smallest absolute Gasteiger partial charge is 0.317 e. The number of aryl methyl sites for hydroxylation is 1. The zero-order valence-electron chi connectivity index (χ0n) is 14.8. The van der Waals surface area contributed by atoms with Crippen LogP contribution < -0.4 is 5.32 Å². The molecule has 0 bridgehead atoms. The van der Waals surface area contributed by atoms with Crippen LogP contribution in [0.1, 0.15) is 12.0 Å². The summed E-state index contributed by atoms with van der Waals surface area (Å²) in [7, 11) is 0. The van der Waals surface area contributed by atoms with Crippen LogP contribution in [-0.4, -0.2) is 57.6 Å². The Morgan fingerprint density at radius 1 is 1.31 bits per heavy atom. The number of benzene rings is 1. The van der Waals surface area contributed by atoms with Crippen LogP contribution in [0, 0.1) is 11.3 Å². The fourth-order valence-electron chi connectivity index (χ4n) is 3.12. The van der Waals surface area contributed by atoms with Gasteiger partial charge < -0.3 is 14.8 Å². The van der Waals surface area contributed by atoms with E-state index in [4.69, 9.17) is 0 Å². The van der Waals surface area contributed by atoms with Crippen molar-refractivity contribution in [1.82, 2.24) is 24.7 Å². The topological polar surface area (TPSA) is 77.2 Å². The Morgan fingerprint density at radius 2 is 2.15 bits per heavy atom. The van der Waals surface area contributed by atoms with Gasteiger partial charge in [0, 0.05) is 45.1 Å². The molecule has 1 N–H and O–H groups in total. The van der Waals surface area contributed by atoms with Gasteiger partial charge in [0.05, 0.1) is 18.9 Å². The van der Waals surface area contributed by atoms with Crippen molar-refractivity contribution in [2.45, 2.75) is 25.6 Å². The summed E-state index contributed by atoms with van der Waals surface area (Å²) >= 11 is 0. The van der Waals surface area contributed by atoms with E-state index in [0.717, 1.165) is 19.5 Å². The number of imidazole rings is 1. The summed E-state index contributed by atoms with van der Waals surface area (Å²) in [6.45, 7) is 3.95. The van der Waals surface area contributed by atoms with Crippen LogP contribution in [-0.2, 0) is 13.1 Å². The van der Waals surface area contributed by atoms with Gasteiger partial charge in [-0.05, 0) is 12.0 Å². The molecule has 0 saturated carbocycles. The lowest BCUT2D eigenvalue weighted by atomic mass is 10.1. The Labute approximate surface area is 153 Å². The molecule has 1 aliphatic heterocycles. The number of carbonyl (C=O) groups is 1. The predicted octanol–water partition coefficient (Wildman–Crippen LogP) is 1.69. The van der Waals surface area contributed by atoms with Gasteiger partial charge >= 0.3 is 6.03 Å². The highest BCUT2D eigenvalue weighted by Crippen LogP contribution is 2.14. The monoisotopic (exact) mass is 352 g/mol. The van der Waals surface area contributed by atoms with Gasteiger partial charge in [0.25, 0.3) is 0 Å².